The van der Waals surface area contributed by atoms with E-state index in [2.05, 4.69) is 38.5 Å². The number of urea groups is 2. The molecule has 156 valence electrons. The lowest BCUT2D eigenvalue weighted by atomic mass is 10.1. The van der Waals surface area contributed by atoms with Crippen LogP contribution in [0.1, 0.15) is 45.1 Å². The van der Waals surface area contributed by atoms with E-state index in [1.165, 1.54) is 37.9 Å². The van der Waals surface area contributed by atoms with Crippen molar-refractivity contribution in [2.45, 2.75) is 52.1 Å². The summed E-state index contributed by atoms with van der Waals surface area (Å²) in [5.74, 6) is 0.853. The fourth-order valence-corrected chi connectivity index (χ4v) is 3.03. The second-order valence-electron chi connectivity index (χ2n) is 7.32. The van der Waals surface area contributed by atoms with E-state index in [9.17, 15) is 9.59 Å². The quantitative estimate of drug-likeness (QED) is 0.404. The monoisotopic (exact) mass is 391 g/mol. The van der Waals surface area contributed by atoms with Crippen molar-refractivity contribution in [1.82, 2.24) is 26.4 Å². The van der Waals surface area contributed by atoms with E-state index in [-0.39, 0.29) is 6.04 Å². The highest BCUT2D eigenvalue weighted by molar-refractivity contribution is 5.80. The van der Waals surface area contributed by atoms with Gasteiger partial charge in [-0.05, 0) is 63.9 Å². The Balaban J connectivity index is 1.58. The van der Waals surface area contributed by atoms with Gasteiger partial charge in [0.05, 0.1) is 6.61 Å². The van der Waals surface area contributed by atoms with Crippen LogP contribution in [0.5, 0.6) is 5.75 Å². The highest BCUT2D eigenvalue weighted by atomic mass is 16.5. The van der Waals surface area contributed by atoms with Crippen molar-refractivity contribution in [2.24, 2.45) is 0 Å². The lowest BCUT2D eigenvalue weighted by molar-refractivity contribution is 0.220. The minimum absolute atomic E-state index is 0.000338. The molecule has 4 amide bonds. The minimum Gasteiger partial charge on any atom is -0.494 e. The van der Waals surface area contributed by atoms with Crippen molar-refractivity contribution in [1.29, 1.82) is 0 Å². The van der Waals surface area contributed by atoms with Gasteiger partial charge in [-0.2, -0.15) is 0 Å². The van der Waals surface area contributed by atoms with Crippen LogP contribution in [-0.4, -0.2) is 49.2 Å². The standard InChI is InChI=1S/C20H33N5O3/c1-16(2)22-20(27)24-23-19(26)21-10-7-13-28-18-9-6-8-17(14-18)15-25-11-4-3-5-12-25/h6,8-9,14,16H,3-5,7,10-13,15H2,1-2H3,(H2,21,23,26)(H2,22,24,27). The molecule has 1 aliphatic heterocycles. The Bertz CT molecular complexity index is 618. The van der Waals surface area contributed by atoms with Gasteiger partial charge in [0.1, 0.15) is 5.75 Å². The molecule has 8 heteroatoms. The number of hydrogen-bond acceptors (Lipinski definition) is 4. The molecule has 8 nitrogen and oxygen atoms in total. The van der Waals surface area contributed by atoms with Crippen molar-refractivity contribution in [3.05, 3.63) is 29.8 Å². The maximum absolute atomic E-state index is 11.6. The number of nitrogens with zero attached hydrogens (tertiary/aromatic N) is 1. The Morgan fingerprint density at radius 3 is 2.61 bits per heavy atom. The Hall–Kier alpha value is -2.48. The molecule has 0 bridgehead atoms. The van der Waals surface area contributed by atoms with Crippen molar-refractivity contribution in [2.75, 3.05) is 26.2 Å². The Labute approximate surface area is 167 Å². The number of amides is 4. The van der Waals surface area contributed by atoms with Gasteiger partial charge in [-0.15, -0.1) is 0 Å². The van der Waals surface area contributed by atoms with E-state index >= 15 is 0 Å². The van der Waals surface area contributed by atoms with E-state index < -0.39 is 12.1 Å². The smallest absolute Gasteiger partial charge is 0.333 e. The molecule has 0 atom stereocenters. The van der Waals surface area contributed by atoms with Gasteiger partial charge >= 0.3 is 12.1 Å². The summed E-state index contributed by atoms with van der Waals surface area (Å²) < 4.78 is 5.79. The van der Waals surface area contributed by atoms with Crippen LogP contribution in [0.4, 0.5) is 9.59 Å². The first-order chi connectivity index (χ1) is 13.5. The average molecular weight is 392 g/mol. The number of nitrogens with one attached hydrogen (secondary N) is 4. The number of benzene rings is 1. The largest absolute Gasteiger partial charge is 0.494 e. The molecule has 1 aromatic carbocycles. The van der Waals surface area contributed by atoms with Crippen LogP contribution in [0.15, 0.2) is 24.3 Å². The molecule has 2 rings (SSSR count). The maximum atomic E-state index is 11.6. The van der Waals surface area contributed by atoms with Gasteiger partial charge in [0, 0.05) is 19.1 Å². The second-order valence-corrected chi connectivity index (χ2v) is 7.32. The third-order valence-corrected chi connectivity index (χ3v) is 4.34. The summed E-state index contributed by atoms with van der Waals surface area (Å²) in [7, 11) is 0. The second kappa shape index (κ2) is 12.1. The van der Waals surface area contributed by atoms with E-state index in [0.29, 0.717) is 19.6 Å². The van der Waals surface area contributed by atoms with Gasteiger partial charge < -0.3 is 15.4 Å². The number of carbonyl (C=O) groups is 2. The van der Waals surface area contributed by atoms with Crippen molar-refractivity contribution >= 4 is 12.1 Å². The molecule has 0 aliphatic carbocycles. The van der Waals surface area contributed by atoms with E-state index in [1.807, 2.05) is 26.0 Å². The molecule has 1 fully saturated rings. The number of carbonyl (C=O) groups excluding carboxylic acids is 2. The molecule has 0 saturated carbocycles. The first kappa shape index (κ1) is 21.8. The summed E-state index contributed by atoms with van der Waals surface area (Å²) in [5, 5.41) is 5.27. The third-order valence-electron chi connectivity index (χ3n) is 4.34. The zero-order chi connectivity index (χ0) is 20.2. The fourth-order valence-electron chi connectivity index (χ4n) is 3.03. The van der Waals surface area contributed by atoms with Crippen LogP contribution in [0, 0.1) is 0 Å². The first-order valence-corrected chi connectivity index (χ1v) is 10.1. The van der Waals surface area contributed by atoms with Gasteiger partial charge in [0.25, 0.3) is 0 Å². The fraction of sp³-hybridized carbons (Fsp3) is 0.600. The topological polar surface area (TPSA) is 94.7 Å². The molecule has 28 heavy (non-hydrogen) atoms. The lowest BCUT2D eigenvalue weighted by Gasteiger charge is -2.26. The highest BCUT2D eigenvalue weighted by Crippen LogP contribution is 2.17. The van der Waals surface area contributed by atoms with Crippen molar-refractivity contribution in [3.8, 4) is 5.75 Å². The Morgan fingerprint density at radius 2 is 1.86 bits per heavy atom. The number of likely N-dealkylation sites (tertiary alicyclic amines) is 1. The number of rotatable bonds is 8. The predicted octanol–water partition coefficient (Wildman–Crippen LogP) is 2.36. The van der Waals surface area contributed by atoms with E-state index in [0.717, 1.165) is 12.3 Å². The lowest BCUT2D eigenvalue weighted by Crippen LogP contribution is -2.51. The number of ether oxygens (including phenoxy) is 1. The molecule has 1 aromatic rings. The molecule has 4 N–H and O–H groups in total. The zero-order valence-electron chi connectivity index (χ0n) is 16.9. The number of piperidine rings is 1. The molecule has 0 spiro atoms. The van der Waals surface area contributed by atoms with Crippen LogP contribution >= 0.6 is 0 Å². The molecular formula is C20H33N5O3. The summed E-state index contributed by atoms with van der Waals surface area (Å²) in [6, 6.07) is 7.30. The summed E-state index contributed by atoms with van der Waals surface area (Å²) in [6.45, 7) is 7.95. The van der Waals surface area contributed by atoms with Gasteiger partial charge in [-0.3, -0.25) is 4.90 Å². The Morgan fingerprint density at radius 1 is 1.11 bits per heavy atom. The molecule has 1 aliphatic rings. The molecule has 1 saturated heterocycles. The van der Waals surface area contributed by atoms with Gasteiger partial charge in [0.2, 0.25) is 0 Å². The minimum atomic E-state index is -0.456. The normalized spacial score (nSPS) is 14.4. The van der Waals surface area contributed by atoms with Gasteiger partial charge in [0.15, 0.2) is 0 Å². The molecular weight excluding hydrogens is 358 g/mol. The summed E-state index contributed by atoms with van der Waals surface area (Å²) in [4.78, 5) is 25.4. The average Bonchev–Trinajstić information content (AvgIpc) is 2.67. The SMILES string of the molecule is CC(C)NC(=O)NNC(=O)NCCCOc1cccc(CN2CCCCC2)c1. The van der Waals surface area contributed by atoms with Crippen LogP contribution in [0.25, 0.3) is 0 Å². The number of hydrazine groups is 1. The van der Waals surface area contributed by atoms with Gasteiger partial charge in [-0.25, -0.2) is 20.4 Å². The van der Waals surface area contributed by atoms with E-state index in [1.54, 1.807) is 0 Å². The first-order valence-electron chi connectivity index (χ1n) is 10.1. The van der Waals surface area contributed by atoms with Crippen LogP contribution < -0.4 is 26.2 Å². The molecule has 1 heterocycles. The zero-order valence-corrected chi connectivity index (χ0v) is 16.9. The maximum Gasteiger partial charge on any atom is 0.333 e. The summed E-state index contributed by atoms with van der Waals surface area (Å²) in [5.41, 5.74) is 5.82. The van der Waals surface area contributed by atoms with Gasteiger partial charge in [-0.1, -0.05) is 18.6 Å². The summed E-state index contributed by atoms with van der Waals surface area (Å²) in [6.07, 6.45) is 4.58. The van der Waals surface area contributed by atoms with Crippen LogP contribution in [0.3, 0.4) is 0 Å². The predicted molar refractivity (Wildman–Crippen MR) is 109 cm³/mol. The van der Waals surface area contributed by atoms with E-state index in [4.69, 9.17) is 4.74 Å². The van der Waals surface area contributed by atoms with Crippen LogP contribution in [0.2, 0.25) is 0 Å². The summed E-state index contributed by atoms with van der Waals surface area (Å²) >= 11 is 0. The molecule has 0 unspecified atom stereocenters. The Kier molecular flexibility index (Phi) is 9.41. The van der Waals surface area contributed by atoms with Crippen molar-refractivity contribution in [3.63, 3.8) is 0 Å². The highest BCUT2D eigenvalue weighted by Gasteiger charge is 2.10. The molecule has 0 aromatic heterocycles. The molecule has 0 radical (unpaired) electrons. The van der Waals surface area contributed by atoms with Crippen LogP contribution in [-0.2, 0) is 6.54 Å². The van der Waals surface area contributed by atoms with Crippen molar-refractivity contribution < 1.29 is 14.3 Å². The third kappa shape index (κ3) is 8.94. The number of hydrogen-bond donors (Lipinski definition) is 4.